The summed E-state index contributed by atoms with van der Waals surface area (Å²) in [5.74, 6) is -1.06. The number of aliphatic hydroxyl groups excluding tert-OH is 1. The highest BCUT2D eigenvalue weighted by Crippen LogP contribution is 2.33. The van der Waals surface area contributed by atoms with Crippen LogP contribution in [0.2, 0.25) is 0 Å². The van der Waals surface area contributed by atoms with Crippen molar-refractivity contribution in [2.45, 2.75) is 42.5 Å². The highest BCUT2D eigenvalue weighted by molar-refractivity contribution is 7.89. The molecular formula is C26H30F5N9O5S. The fourth-order valence-electron chi connectivity index (χ4n) is 5.15. The van der Waals surface area contributed by atoms with Gasteiger partial charge in [0, 0.05) is 74.5 Å². The molecule has 2 atom stereocenters. The van der Waals surface area contributed by atoms with Crippen LogP contribution in [0.3, 0.4) is 0 Å². The molecule has 3 aromatic rings. The molecule has 5 rings (SSSR count). The highest BCUT2D eigenvalue weighted by Gasteiger charge is 2.38. The second kappa shape index (κ2) is 13.3. The Labute approximate surface area is 258 Å². The number of hydrogen-bond donors (Lipinski definition) is 6. The molecule has 4 heterocycles. The minimum atomic E-state index is -4.89. The molecule has 0 unspecified atom stereocenters. The van der Waals surface area contributed by atoms with Gasteiger partial charge < -0.3 is 30.9 Å². The molecule has 14 nitrogen and oxygen atoms in total. The van der Waals surface area contributed by atoms with Crippen molar-refractivity contribution in [3.63, 3.8) is 0 Å². The monoisotopic (exact) mass is 675 g/mol. The van der Waals surface area contributed by atoms with Gasteiger partial charge in [0.25, 0.3) is 5.91 Å². The molecule has 0 spiro atoms. The first kappa shape index (κ1) is 33.2. The summed E-state index contributed by atoms with van der Waals surface area (Å²) in [6.07, 6.45) is -8.88. The summed E-state index contributed by atoms with van der Waals surface area (Å²) in [7, 11) is -3.93. The first-order valence-electron chi connectivity index (χ1n) is 14.0. The van der Waals surface area contributed by atoms with Crippen LogP contribution in [0.15, 0.2) is 35.4 Å². The molecule has 2 aliphatic heterocycles. The zero-order valence-electron chi connectivity index (χ0n) is 23.9. The van der Waals surface area contributed by atoms with Crippen LogP contribution < -0.4 is 16.0 Å². The molecule has 0 bridgehead atoms. The van der Waals surface area contributed by atoms with Crippen molar-refractivity contribution >= 4 is 27.6 Å². The third kappa shape index (κ3) is 7.45. The maximum atomic E-state index is 13.4. The Kier molecular flexibility index (Phi) is 9.61. The molecule has 0 radical (unpaired) electrons. The molecular weight excluding hydrogens is 645 g/mol. The lowest BCUT2D eigenvalue weighted by Gasteiger charge is -2.34. The first-order chi connectivity index (χ1) is 21.7. The van der Waals surface area contributed by atoms with Crippen molar-refractivity contribution in [3.05, 3.63) is 58.9 Å². The highest BCUT2D eigenvalue weighted by atomic mass is 32.2. The molecule has 250 valence electrons. The number of alkyl halides is 5. The molecule has 6 N–H and O–H groups in total. The van der Waals surface area contributed by atoms with Gasteiger partial charge in [0.1, 0.15) is 0 Å². The van der Waals surface area contributed by atoms with Crippen LogP contribution in [-0.4, -0.2) is 113 Å². The number of sulfonamides is 1. The summed E-state index contributed by atoms with van der Waals surface area (Å²) in [5.41, 5.74) is -1.99. The topological polar surface area (TPSA) is 188 Å². The van der Waals surface area contributed by atoms with Crippen molar-refractivity contribution < 1.29 is 45.1 Å². The van der Waals surface area contributed by atoms with E-state index in [-0.39, 0.29) is 54.0 Å². The van der Waals surface area contributed by atoms with Gasteiger partial charge in [0.15, 0.2) is 11.5 Å². The van der Waals surface area contributed by atoms with Gasteiger partial charge in [-0.3, -0.25) is 9.89 Å². The summed E-state index contributed by atoms with van der Waals surface area (Å²) in [6, 6.07) is 4.44. The van der Waals surface area contributed by atoms with Gasteiger partial charge in [-0.1, -0.05) is 0 Å². The average molecular weight is 676 g/mol. The van der Waals surface area contributed by atoms with E-state index in [1.807, 2.05) is 5.10 Å². The van der Waals surface area contributed by atoms with Crippen LogP contribution in [0.25, 0.3) is 0 Å². The quantitative estimate of drug-likeness (QED) is 0.182. The van der Waals surface area contributed by atoms with Gasteiger partial charge in [-0.2, -0.15) is 22.6 Å². The van der Waals surface area contributed by atoms with E-state index in [4.69, 9.17) is 0 Å². The number of nitrogens with zero attached hydrogens (tertiary/aromatic N) is 4. The van der Waals surface area contributed by atoms with Gasteiger partial charge in [0.05, 0.1) is 23.5 Å². The third-order valence-corrected chi connectivity index (χ3v) is 9.47. The predicted molar refractivity (Wildman–Crippen MR) is 151 cm³/mol. The van der Waals surface area contributed by atoms with Gasteiger partial charge in [-0.05, 0) is 24.3 Å². The number of nitrogens with one attached hydrogen (secondary N) is 5. The van der Waals surface area contributed by atoms with E-state index in [1.165, 1.54) is 33.5 Å². The SMILES string of the molecule is O=C(Nc1ccc(S(=O)(=O)N2CCN(C(=O)N[C@@H]3CNC[C@H]3O)CC2)cc1)c1ncc(Cc2c(C(F)(F)F)n[nH]c2CC(F)F)[nH]1. The fourth-order valence-corrected chi connectivity index (χ4v) is 6.57. The average Bonchev–Trinajstić information content (AvgIpc) is 3.74. The zero-order valence-corrected chi connectivity index (χ0v) is 24.8. The number of aromatic amines is 2. The second-order valence-electron chi connectivity index (χ2n) is 10.7. The molecule has 2 fully saturated rings. The summed E-state index contributed by atoms with van der Waals surface area (Å²) >= 11 is 0. The second-order valence-corrected chi connectivity index (χ2v) is 12.6. The van der Waals surface area contributed by atoms with E-state index in [9.17, 15) is 45.1 Å². The third-order valence-electron chi connectivity index (χ3n) is 7.56. The lowest BCUT2D eigenvalue weighted by Crippen LogP contribution is -2.55. The molecule has 0 aliphatic carbocycles. The molecule has 2 saturated heterocycles. The molecule has 3 amide bonds. The number of aromatic nitrogens is 4. The first-order valence-corrected chi connectivity index (χ1v) is 15.5. The number of carbonyl (C=O) groups excluding carboxylic acids is 2. The van der Waals surface area contributed by atoms with E-state index in [1.54, 1.807) is 0 Å². The maximum Gasteiger partial charge on any atom is 0.435 e. The molecule has 46 heavy (non-hydrogen) atoms. The van der Waals surface area contributed by atoms with Gasteiger partial charge in [-0.25, -0.2) is 27.0 Å². The standard InChI is InChI=1S/C26H30F5N9O5S/c27-21(28)10-18-17(22(38-37-18)26(29,30)31)9-15-11-33-23(34-15)24(42)35-14-1-3-16(4-2-14)46(44,45)40-7-5-39(6-8-40)25(43)36-19-12-32-13-20(19)41/h1-4,11,19-21,32,41H,5-10,12-13H2,(H,33,34)(H,35,42)(H,36,43)(H,37,38)/t19-,20-/m1/s1. The number of rotatable bonds is 9. The van der Waals surface area contributed by atoms with Gasteiger partial charge in [0.2, 0.25) is 16.4 Å². The number of β-amino-alcohol motifs (C(OH)–C–C–N with tert-alkyl or cyclic N) is 1. The Morgan fingerprint density at radius 2 is 1.78 bits per heavy atom. The van der Waals surface area contributed by atoms with Crippen LogP contribution in [0.5, 0.6) is 0 Å². The van der Waals surface area contributed by atoms with E-state index in [0.29, 0.717) is 13.1 Å². The Balaban J connectivity index is 1.17. The van der Waals surface area contributed by atoms with Crippen LogP contribution in [0.4, 0.5) is 32.4 Å². The van der Waals surface area contributed by atoms with Crippen LogP contribution in [-0.2, 0) is 29.0 Å². The van der Waals surface area contributed by atoms with Crippen molar-refractivity contribution in [1.29, 1.82) is 0 Å². The number of aliphatic hydroxyl groups is 1. The van der Waals surface area contributed by atoms with Crippen molar-refractivity contribution in [2.24, 2.45) is 0 Å². The maximum absolute atomic E-state index is 13.4. The number of benzene rings is 1. The molecule has 0 saturated carbocycles. The minimum Gasteiger partial charge on any atom is -0.390 e. The van der Waals surface area contributed by atoms with Crippen LogP contribution in [0.1, 0.15) is 33.3 Å². The van der Waals surface area contributed by atoms with Crippen molar-refractivity contribution in [1.82, 2.24) is 40.0 Å². The number of anilines is 1. The molecule has 2 aromatic heterocycles. The number of piperazine rings is 1. The van der Waals surface area contributed by atoms with Crippen molar-refractivity contribution in [3.8, 4) is 0 Å². The lowest BCUT2D eigenvalue weighted by atomic mass is 10.1. The number of halogens is 5. The number of amides is 3. The number of H-pyrrole nitrogens is 2. The van der Waals surface area contributed by atoms with E-state index in [2.05, 4.69) is 31.0 Å². The van der Waals surface area contributed by atoms with E-state index in [0.717, 1.165) is 6.20 Å². The zero-order chi connectivity index (χ0) is 33.2. The summed E-state index contributed by atoms with van der Waals surface area (Å²) in [6.45, 7) is 1.20. The summed E-state index contributed by atoms with van der Waals surface area (Å²) in [4.78, 5) is 33.1. The Morgan fingerprint density at radius 1 is 1.09 bits per heavy atom. The number of carbonyl (C=O) groups is 2. The number of imidazole rings is 1. The Morgan fingerprint density at radius 3 is 2.39 bits per heavy atom. The van der Waals surface area contributed by atoms with Gasteiger partial charge >= 0.3 is 12.2 Å². The van der Waals surface area contributed by atoms with Crippen LogP contribution in [0, 0.1) is 0 Å². The molecule has 20 heteroatoms. The van der Waals surface area contributed by atoms with Crippen molar-refractivity contribution in [2.75, 3.05) is 44.6 Å². The Hall–Kier alpha value is -4.14. The predicted octanol–water partition coefficient (Wildman–Crippen LogP) is 1.15. The largest absolute Gasteiger partial charge is 0.435 e. The Bertz CT molecular complexity index is 1650. The summed E-state index contributed by atoms with van der Waals surface area (Å²) in [5, 5.41) is 23.2. The van der Waals surface area contributed by atoms with E-state index < -0.39 is 70.8 Å². The molecule has 2 aliphatic rings. The number of urea groups is 1. The fraction of sp³-hybridized carbons (Fsp3) is 0.462. The van der Waals surface area contributed by atoms with Crippen LogP contribution >= 0.6 is 0 Å². The summed E-state index contributed by atoms with van der Waals surface area (Å²) < 4.78 is 93.5. The van der Waals surface area contributed by atoms with Gasteiger partial charge in [-0.15, -0.1) is 0 Å². The molecule has 1 aromatic carbocycles. The lowest BCUT2D eigenvalue weighted by molar-refractivity contribution is -0.141. The normalized spacial score (nSPS) is 19.5. The van der Waals surface area contributed by atoms with E-state index >= 15 is 0 Å². The number of hydrogen-bond acceptors (Lipinski definition) is 8. The smallest absolute Gasteiger partial charge is 0.390 e. The minimum absolute atomic E-state index is 0.0414.